The van der Waals surface area contributed by atoms with E-state index < -0.39 is 0 Å². The fourth-order valence-corrected chi connectivity index (χ4v) is 5.68. The van der Waals surface area contributed by atoms with Crippen LogP contribution in [0.2, 0.25) is 0 Å². The second-order valence-corrected chi connectivity index (χ2v) is 10.2. The first-order valence-electron chi connectivity index (χ1n) is 13.0. The number of ether oxygens (including phenoxy) is 1. The van der Waals surface area contributed by atoms with E-state index in [1.165, 1.54) is 0 Å². The molecule has 0 aliphatic carbocycles. The standard InChI is InChI=1S/C31H33N5O2S/c1-20-9-5-6-10-26(20)33-28(37)16-18-35-30(29(34-31(35)39)27-11-7-8-17-32-27)25-19-21(2)36(22(25)3)23-12-14-24(38-4)15-13-23/h5-15,17,19,29-30H,16,18H2,1-4H3,(H,33,37)(H,34,39)/t29-,30+/m1/s1. The molecule has 0 spiro atoms. The predicted octanol–water partition coefficient (Wildman–Crippen LogP) is 5.81. The van der Waals surface area contributed by atoms with Gasteiger partial charge < -0.3 is 24.8 Å². The Labute approximate surface area is 234 Å². The molecule has 39 heavy (non-hydrogen) atoms. The highest BCUT2D eigenvalue weighted by atomic mass is 32.1. The number of hydrogen-bond acceptors (Lipinski definition) is 4. The van der Waals surface area contributed by atoms with Gasteiger partial charge in [0, 0.05) is 41.9 Å². The van der Waals surface area contributed by atoms with E-state index in [4.69, 9.17) is 17.0 Å². The molecule has 1 amide bonds. The number of anilines is 1. The predicted molar refractivity (Wildman–Crippen MR) is 158 cm³/mol. The number of pyridine rings is 1. The largest absolute Gasteiger partial charge is 0.497 e. The number of rotatable bonds is 8. The summed E-state index contributed by atoms with van der Waals surface area (Å²) in [6.07, 6.45) is 2.11. The van der Waals surface area contributed by atoms with Crippen molar-refractivity contribution in [3.63, 3.8) is 0 Å². The van der Waals surface area contributed by atoms with Crippen molar-refractivity contribution in [2.75, 3.05) is 19.0 Å². The molecule has 0 saturated carbocycles. The lowest BCUT2D eigenvalue weighted by atomic mass is 9.96. The summed E-state index contributed by atoms with van der Waals surface area (Å²) in [5.74, 6) is 0.771. The second kappa shape index (κ2) is 11.3. The molecular formula is C31H33N5O2S. The molecule has 0 bridgehead atoms. The minimum atomic E-state index is -0.150. The first-order valence-corrected chi connectivity index (χ1v) is 13.4. The van der Waals surface area contributed by atoms with E-state index in [1.54, 1.807) is 13.3 Å². The molecule has 4 aromatic rings. The molecule has 2 aromatic heterocycles. The summed E-state index contributed by atoms with van der Waals surface area (Å²) in [5, 5.41) is 7.16. The smallest absolute Gasteiger partial charge is 0.226 e. The summed E-state index contributed by atoms with van der Waals surface area (Å²) in [4.78, 5) is 19.7. The second-order valence-electron chi connectivity index (χ2n) is 9.79. The van der Waals surface area contributed by atoms with E-state index in [9.17, 15) is 4.79 Å². The molecule has 1 aliphatic rings. The summed E-state index contributed by atoms with van der Waals surface area (Å²) < 4.78 is 7.60. The molecule has 7 nitrogen and oxygen atoms in total. The zero-order valence-corrected chi connectivity index (χ0v) is 23.5. The van der Waals surface area contributed by atoms with Crippen LogP contribution in [0.15, 0.2) is 79.0 Å². The number of para-hydroxylation sites is 1. The molecule has 2 aromatic carbocycles. The Bertz CT molecular complexity index is 1480. The van der Waals surface area contributed by atoms with Crippen LogP contribution in [-0.4, -0.2) is 39.1 Å². The van der Waals surface area contributed by atoms with Crippen molar-refractivity contribution >= 4 is 28.9 Å². The van der Waals surface area contributed by atoms with Gasteiger partial charge in [0.25, 0.3) is 0 Å². The highest BCUT2D eigenvalue weighted by Gasteiger charge is 2.41. The van der Waals surface area contributed by atoms with Crippen molar-refractivity contribution in [2.45, 2.75) is 39.3 Å². The molecule has 3 heterocycles. The van der Waals surface area contributed by atoms with Gasteiger partial charge in [0.1, 0.15) is 5.75 Å². The van der Waals surface area contributed by atoms with Gasteiger partial charge >= 0.3 is 0 Å². The average molecular weight is 540 g/mol. The molecule has 2 atom stereocenters. The molecular weight excluding hydrogens is 506 g/mol. The number of methoxy groups -OCH3 is 1. The highest BCUT2D eigenvalue weighted by molar-refractivity contribution is 7.80. The Balaban J connectivity index is 1.47. The maximum absolute atomic E-state index is 13.0. The minimum absolute atomic E-state index is 0.0455. The third-order valence-corrected chi connectivity index (χ3v) is 7.67. The van der Waals surface area contributed by atoms with E-state index in [1.807, 2.05) is 61.5 Å². The highest BCUT2D eigenvalue weighted by Crippen LogP contribution is 2.41. The van der Waals surface area contributed by atoms with Gasteiger partial charge in [-0.1, -0.05) is 24.3 Å². The van der Waals surface area contributed by atoms with Crippen LogP contribution in [0.1, 0.15) is 46.7 Å². The summed E-state index contributed by atoms with van der Waals surface area (Å²) in [6, 6.07) is 23.7. The van der Waals surface area contributed by atoms with Crippen LogP contribution in [0.4, 0.5) is 5.69 Å². The number of thiocarbonyl (C=S) groups is 1. The number of aromatic nitrogens is 2. The average Bonchev–Trinajstić information content (AvgIpc) is 3.43. The molecule has 0 unspecified atom stereocenters. The number of amides is 1. The van der Waals surface area contributed by atoms with Crippen molar-refractivity contribution in [3.05, 3.63) is 107 Å². The van der Waals surface area contributed by atoms with Crippen LogP contribution in [0.25, 0.3) is 5.69 Å². The number of carbonyl (C=O) groups is 1. The molecule has 0 radical (unpaired) electrons. The van der Waals surface area contributed by atoms with Gasteiger partial charge in [0.2, 0.25) is 5.91 Å². The normalized spacial score (nSPS) is 16.7. The maximum Gasteiger partial charge on any atom is 0.226 e. The Kier molecular flexibility index (Phi) is 7.65. The van der Waals surface area contributed by atoms with Crippen LogP contribution in [0.3, 0.4) is 0 Å². The fourth-order valence-electron chi connectivity index (χ4n) is 5.35. The number of benzene rings is 2. The van der Waals surface area contributed by atoms with Gasteiger partial charge in [-0.05, 0) is 92.6 Å². The van der Waals surface area contributed by atoms with Crippen molar-refractivity contribution in [3.8, 4) is 11.4 Å². The van der Waals surface area contributed by atoms with Crippen LogP contribution in [-0.2, 0) is 4.79 Å². The first kappa shape index (κ1) is 26.4. The number of hydrogen-bond donors (Lipinski definition) is 2. The van der Waals surface area contributed by atoms with Crippen molar-refractivity contribution in [1.82, 2.24) is 19.8 Å². The van der Waals surface area contributed by atoms with Crippen molar-refractivity contribution in [2.24, 2.45) is 0 Å². The van der Waals surface area contributed by atoms with Crippen molar-refractivity contribution < 1.29 is 9.53 Å². The van der Waals surface area contributed by atoms with Crippen molar-refractivity contribution in [1.29, 1.82) is 0 Å². The fraction of sp³-hybridized carbons (Fsp3) is 0.258. The topological polar surface area (TPSA) is 71.4 Å². The zero-order chi connectivity index (χ0) is 27.5. The summed E-state index contributed by atoms with van der Waals surface area (Å²) >= 11 is 5.84. The van der Waals surface area contributed by atoms with Gasteiger partial charge in [-0.15, -0.1) is 0 Å². The van der Waals surface area contributed by atoms with Crippen LogP contribution >= 0.6 is 12.2 Å². The minimum Gasteiger partial charge on any atom is -0.497 e. The lowest BCUT2D eigenvalue weighted by molar-refractivity contribution is -0.116. The molecule has 1 fully saturated rings. The quantitative estimate of drug-likeness (QED) is 0.276. The van der Waals surface area contributed by atoms with Gasteiger partial charge in [0.05, 0.1) is 24.9 Å². The van der Waals surface area contributed by atoms with E-state index in [0.29, 0.717) is 18.1 Å². The summed E-state index contributed by atoms with van der Waals surface area (Å²) in [7, 11) is 1.67. The van der Waals surface area contributed by atoms with Gasteiger partial charge in [0.15, 0.2) is 5.11 Å². The van der Waals surface area contributed by atoms with Crippen LogP contribution in [0, 0.1) is 20.8 Å². The van der Waals surface area contributed by atoms with E-state index in [-0.39, 0.29) is 18.0 Å². The first-order chi connectivity index (χ1) is 18.9. The Morgan fingerprint density at radius 1 is 1.05 bits per heavy atom. The SMILES string of the molecule is COc1ccc(-n2c(C)cc([C@H]3[C@@H](c4ccccn4)NC(=S)N3CCC(=O)Nc3ccccc3C)c2C)cc1. The molecule has 2 N–H and O–H groups in total. The Morgan fingerprint density at radius 2 is 1.79 bits per heavy atom. The molecule has 1 aliphatic heterocycles. The lowest BCUT2D eigenvalue weighted by Crippen LogP contribution is -2.33. The zero-order valence-electron chi connectivity index (χ0n) is 22.6. The molecule has 8 heteroatoms. The third-order valence-electron chi connectivity index (χ3n) is 7.32. The van der Waals surface area contributed by atoms with Gasteiger partial charge in [-0.2, -0.15) is 0 Å². The molecule has 1 saturated heterocycles. The van der Waals surface area contributed by atoms with E-state index in [0.717, 1.165) is 45.3 Å². The number of carbonyl (C=O) groups excluding carboxylic acids is 1. The number of nitrogens with zero attached hydrogens (tertiary/aromatic N) is 3. The summed E-state index contributed by atoms with van der Waals surface area (Å²) in [6.45, 7) is 6.70. The molecule has 200 valence electrons. The number of nitrogens with one attached hydrogen (secondary N) is 2. The third kappa shape index (κ3) is 5.38. The van der Waals surface area contributed by atoms with Gasteiger partial charge in [-0.3, -0.25) is 9.78 Å². The molecule has 5 rings (SSSR count). The van der Waals surface area contributed by atoms with Crippen LogP contribution in [0.5, 0.6) is 5.75 Å². The maximum atomic E-state index is 13.0. The van der Waals surface area contributed by atoms with E-state index in [2.05, 4.69) is 57.1 Å². The van der Waals surface area contributed by atoms with E-state index >= 15 is 0 Å². The Morgan fingerprint density at radius 3 is 2.49 bits per heavy atom. The number of aryl methyl sites for hydroxylation is 2. The lowest BCUT2D eigenvalue weighted by Gasteiger charge is -2.28. The van der Waals surface area contributed by atoms with Crippen LogP contribution < -0.4 is 15.4 Å². The summed E-state index contributed by atoms with van der Waals surface area (Å²) in [5.41, 5.74) is 7.20. The monoisotopic (exact) mass is 539 g/mol. The van der Waals surface area contributed by atoms with Gasteiger partial charge in [-0.25, -0.2) is 0 Å². The Hall–Kier alpha value is -4.17.